The molecule has 24 heavy (non-hydrogen) atoms. The molecule has 2 aliphatic rings. The molecule has 5 heteroatoms. The van der Waals surface area contributed by atoms with Gasteiger partial charge in [-0.3, -0.25) is 9.78 Å². The molecule has 4 rings (SSSR count). The number of nitrogens with zero attached hydrogens (tertiary/aromatic N) is 2. The number of likely N-dealkylation sites (tertiary alicyclic amines) is 1. The third kappa shape index (κ3) is 2.78. The average Bonchev–Trinajstić information content (AvgIpc) is 3.23. The lowest BCUT2D eigenvalue weighted by Gasteiger charge is -2.30. The van der Waals surface area contributed by atoms with Crippen LogP contribution in [0.2, 0.25) is 0 Å². The van der Waals surface area contributed by atoms with Crippen molar-refractivity contribution in [1.82, 2.24) is 9.88 Å². The van der Waals surface area contributed by atoms with Gasteiger partial charge >= 0.3 is 0 Å². The second kappa shape index (κ2) is 6.15. The first-order chi connectivity index (χ1) is 11.7. The summed E-state index contributed by atoms with van der Waals surface area (Å²) < 4.78 is 5.95. The van der Waals surface area contributed by atoms with Crippen molar-refractivity contribution in [2.75, 3.05) is 19.7 Å². The Labute approximate surface area is 145 Å². The van der Waals surface area contributed by atoms with Gasteiger partial charge in [-0.15, -0.1) is 11.3 Å². The van der Waals surface area contributed by atoms with Crippen molar-refractivity contribution in [1.29, 1.82) is 0 Å². The number of aryl methyl sites for hydroxylation is 1. The molecule has 0 bridgehead atoms. The molecule has 0 N–H and O–H groups in total. The van der Waals surface area contributed by atoms with Gasteiger partial charge in [0.15, 0.2) is 0 Å². The number of carbonyl (C=O) groups is 1. The molecule has 1 spiro atoms. The molecule has 0 aromatic carbocycles. The summed E-state index contributed by atoms with van der Waals surface area (Å²) in [4.78, 5) is 20.8. The number of amides is 1. The molecule has 1 unspecified atom stereocenters. The Kier molecular flexibility index (Phi) is 3.98. The minimum atomic E-state index is -0.161. The average molecular weight is 340 g/mol. The Morgan fingerprint density at radius 1 is 1.33 bits per heavy atom. The first-order valence-electron chi connectivity index (χ1n) is 8.26. The molecule has 1 saturated heterocycles. The minimum Gasteiger partial charge on any atom is -0.369 e. The van der Waals surface area contributed by atoms with E-state index in [0.29, 0.717) is 13.2 Å². The molecular formula is C19H20N2O2S. The lowest BCUT2D eigenvalue weighted by Crippen LogP contribution is -2.39. The van der Waals surface area contributed by atoms with Crippen molar-refractivity contribution in [3.63, 3.8) is 0 Å². The molecule has 1 fully saturated rings. The molecule has 2 aliphatic heterocycles. The Bertz CT molecular complexity index is 798. The smallest absolute Gasteiger partial charge is 0.264 e. The predicted octanol–water partition coefficient (Wildman–Crippen LogP) is 3.68. The van der Waals surface area contributed by atoms with Crippen LogP contribution in [0.1, 0.15) is 28.1 Å². The summed E-state index contributed by atoms with van der Waals surface area (Å²) in [6, 6.07) is 5.98. The third-order valence-corrected chi connectivity index (χ3v) is 5.95. The van der Waals surface area contributed by atoms with Crippen molar-refractivity contribution in [3.8, 4) is 10.4 Å². The van der Waals surface area contributed by atoms with Gasteiger partial charge in [-0.1, -0.05) is 12.2 Å². The van der Waals surface area contributed by atoms with Gasteiger partial charge in [-0.2, -0.15) is 0 Å². The number of aromatic nitrogens is 1. The Balaban J connectivity index is 1.52. The second-order valence-electron chi connectivity index (χ2n) is 6.50. The Hall–Kier alpha value is -1.98. The molecule has 4 nitrogen and oxygen atoms in total. The number of hydrogen-bond acceptors (Lipinski definition) is 4. The number of carbonyl (C=O) groups excluding carboxylic acids is 1. The van der Waals surface area contributed by atoms with E-state index < -0.39 is 0 Å². The summed E-state index contributed by atoms with van der Waals surface area (Å²) >= 11 is 1.56. The van der Waals surface area contributed by atoms with Crippen molar-refractivity contribution in [3.05, 3.63) is 53.2 Å². The summed E-state index contributed by atoms with van der Waals surface area (Å²) in [6.45, 7) is 4.17. The van der Waals surface area contributed by atoms with Crippen LogP contribution in [0, 0.1) is 6.92 Å². The van der Waals surface area contributed by atoms with Crippen LogP contribution < -0.4 is 0 Å². The summed E-state index contributed by atoms with van der Waals surface area (Å²) in [5, 5.41) is 0. The summed E-state index contributed by atoms with van der Waals surface area (Å²) in [7, 11) is 0. The van der Waals surface area contributed by atoms with E-state index in [4.69, 9.17) is 4.74 Å². The monoisotopic (exact) mass is 340 g/mol. The molecule has 1 atom stereocenters. The SMILES string of the molecule is Cc1cnccc1-c1ccc(C(=O)N2CCC3(CC=CCO3)C2)s1. The van der Waals surface area contributed by atoms with Gasteiger partial charge in [-0.25, -0.2) is 0 Å². The lowest BCUT2D eigenvalue weighted by molar-refractivity contribution is -0.0264. The summed E-state index contributed by atoms with van der Waals surface area (Å²) in [6.07, 6.45) is 9.70. The van der Waals surface area contributed by atoms with Gasteiger partial charge in [0.05, 0.1) is 23.6 Å². The van der Waals surface area contributed by atoms with Gasteiger partial charge in [0.1, 0.15) is 0 Å². The predicted molar refractivity (Wildman–Crippen MR) is 95.2 cm³/mol. The fraction of sp³-hybridized carbons (Fsp3) is 0.368. The molecule has 0 radical (unpaired) electrons. The third-order valence-electron chi connectivity index (χ3n) is 4.85. The van der Waals surface area contributed by atoms with Gasteiger partial charge in [-0.05, 0) is 49.1 Å². The molecular weight excluding hydrogens is 320 g/mol. The maximum absolute atomic E-state index is 12.9. The van der Waals surface area contributed by atoms with Crippen LogP contribution in [0.5, 0.6) is 0 Å². The number of pyridine rings is 1. The van der Waals surface area contributed by atoms with E-state index in [9.17, 15) is 4.79 Å². The molecule has 124 valence electrons. The standard InChI is InChI=1S/C19H20N2O2S/c1-14-12-20-9-6-15(14)16-4-5-17(24-16)18(22)21-10-8-19(13-21)7-2-3-11-23-19/h2-6,9,12H,7-8,10-11,13H2,1H3. The van der Waals surface area contributed by atoms with Crippen LogP contribution >= 0.6 is 11.3 Å². The van der Waals surface area contributed by atoms with Crippen LogP contribution in [0.4, 0.5) is 0 Å². The van der Waals surface area contributed by atoms with Gasteiger partial charge in [0, 0.05) is 23.8 Å². The maximum Gasteiger partial charge on any atom is 0.264 e. The topological polar surface area (TPSA) is 42.4 Å². The highest BCUT2D eigenvalue weighted by Crippen LogP contribution is 2.35. The zero-order valence-electron chi connectivity index (χ0n) is 13.7. The van der Waals surface area contributed by atoms with Crippen LogP contribution in [0.15, 0.2) is 42.7 Å². The summed E-state index contributed by atoms with van der Waals surface area (Å²) in [5.74, 6) is 0.119. The fourth-order valence-corrected chi connectivity index (χ4v) is 4.52. The van der Waals surface area contributed by atoms with Crippen LogP contribution in [-0.2, 0) is 4.74 Å². The zero-order chi connectivity index (χ0) is 16.6. The van der Waals surface area contributed by atoms with E-state index in [-0.39, 0.29) is 11.5 Å². The van der Waals surface area contributed by atoms with Crippen molar-refractivity contribution in [2.45, 2.75) is 25.4 Å². The van der Waals surface area contributed by atoms with E-state index in [0.717, 1.165) is 40.3 Å². The molecule has 1 amide bonds. The first-order valence-corrected chi connectivity index (χ1v) is 9.08. The zero-order valence-corrected chi connectivity index (χ0v) is 14.5. The fourth-order valence-electron chi connectivity index (χ4n) is 3.46. The highest BCUT2D eigenvalue weighted by atomic mass is 32.1. The molecule has 2 aromatic rings. The molecule has 2 aromatic heterocycles. The van der Waals surface area contributed by atoms with Crippen LogP contribution in [0.25, 0.3) is 10.4 Å². The van der Waals surface area contributed by atoms with Crippen molar-refractivity contribution < 1.29 is 9.53 Å². The maximum atomic E-state index is 12.9. The van der Waals surface area contributed by atoms with E-state index in [1.54, 1.807) is 17.5 Å². The Morgan fingerprint density at radius 3 is 3.04 bits per heavy atom. The first kappa shape index (κ1) is 15.5. The quantitative estimate of drug-likeness (QED) is 0.783. The lowest BCUT2D eigenvalue weighted by atomic mass is 9.97. The van der Waals surface area contributed by atoms with Crippen LogP contribution in [-0.4, -0.2) is 41.1 Å². The normalized spacial score (nSPS) is 23.1. The number of thiophene rings is 1. The molecule has 4 heterocycles. The van der Waals surface area contributed by atoms with Crippen LogP contribution in [0.3, 0.4) is 0 Å². The summed E-state index contributed by atoms with van der Waals surface area (Å²) in [5.41, 5.74) is 2.11. The van der Waals surface area contributed by atoms with E-state index >= 15 is 0 Å². The number of hydrogen-bond donors (Lipinski definition) is 0. The van der Waals surface area contributed by atoms with E-state index in [1.807, 2.05) is 36.2 Å². The number of ether oxygens (including phenoxy) is 1. The van der Waals surface area contributed by atoms with Crippen molar-refractivity contribution >= 4 is 17.2 Å². The molecule has 0 aliphatic carbocycles. The minimum absolute atomic E-state index is 0.119. The largest absolute Gasteiger partial charge is 0.369 e. The van der Waals surface area contributed by atoms with Crippen molar-refractivity contribution in [2.24, 2.45) is 0 Å². The highest BCUT2D eigenvalue weighted by Gasteiger charge is 2.41. The molecule has 0 saturated carbocycles. The van der Waals surface area contributed by atoms with E-state index in [2.05, 4.69) is 17.1 Å². The van der Waals surface area contributed by atoms with Gasteiger partial charge in [0.25, 0.3) is 5.91 Å². The van der Waals surface area contributed by atoms with E-state index in [1.165, 1.54) is 0 Å². The Morgan fingerprint density at radius 2 is 2.25 bits per heavy atom. The highest BCUT2D eigenvalue weighted by molar-refractivity contribution is 7.17. The number of rotatable bonds is 2. The van der Waals surface area contributed by atoms with Gasteiger partial charge in [0.2, 0.25) is 0 Å². The second-order valence-corrected chi connectivity index (χ2v) is 7.58. The van der Waals surface area contributed by atoms with Gasteiger partial charge < -0.3 is 9.64 Å².